The van der Waals surface area contributed by atoms with E-state index in [-0.39, 0.29) is 6.10 Å². The van der Waals surface area contributed by atoms with Crippen molar-refractivity contribution in [3.63, 3.8) is 0 Å². The summed E-state index contributed by atoms with van der Waals surface area (Å²) in [7, 11) is 1.93. The molecule has 118 valence electrons. The van der Waals surface area contributed by atoms with Gasteiger partial charge in [-0.2, -0.15) is 5.10 Å². The molecule has 1 aliphatic carbocycles. The average Bonchev–Trinajstić information content (AvgIpc) is 2.88. The van der Waals surface area contributed by atoms with Gasteiger partial charge < -0.3 is 10.4 Å². The predicted molar refractivity (Wildman–Crippen MR) is 88.8 cm³/mol. The smallest absolute Gasteiger partial charge is 0.0982 e. The van der Waals surface area contributed by atoms with Crippen molar-refractivity contribution in [2.24, 2.45) is 7.05 Å². The van der Waals surface area contributed by atoms with E-state index in [0.717, 1.165) is 54.1 Å². The molecular weight excluding hydrogens is 298 g/mol. The first-order valence-corrected chi connectivity index (χ1v) is 8.20. The monoisotopic (exact) mass is 319 g/mol. The molecule has 0 aliphatic heterocycles. The minimum atomic E-state index is -0.116. The van der Waals surface area contributed by atoms with Gasteiger partial charge in [-0.3, -0.25) is 4.68 Å². The van der Waals surface area contributed by atoms with Gasteiger partial charge in [0.05, 0.1) is 16.8 Å². The number of aliphatic hydroxyl groups is 1. The SMILES string of the molecule is Cn1cc(CNC2CCC(O)CC2)c(-c2ccccc2Cl)n1. The van der Waals surface area contributed by atoms with Crippen LogP contribution in [-0.2, 0) is 13.6 Å². The topological polar surface area (TPSA) is 50.1 Å². The summed E-state index contributed by atoms with van der Waals surface area (Å²) >= 11 is 6.31. The molecule has 0 spiro atoms. The quantitative estimate of drug-likeness (QED) is 0.910. The van der Waals surface area contributed by atoms with Crippen molar-refractivity contribution in [1.29, 1.82) is 0 Å². The van der Waals surface area contributed by atoms with E-state index in [2.05, 4.69) is 10.4 Å². The molecule has 0 radical (unpaired) electrons. The van der Waals surface area contributed by atoms with Crippen molar-refractivity contribution in [3.05, 3.63) is 41.0 Å². The minimum Gasteiger partial charge on any atom is -0.393 e. The number of hydrogen-bond acceptors (Lipinski definition) is 3. The number of aryl methyl sites for hydroxylation is 1. The van der Waals surface area contributed by atoms with Crippen molar-refractivity contribution in [2.75, 3.05) is 0 Å². The van der Waals surface area contributed by atoms with E-state index >= 15 is 0 Å². The zero-order valence-electron chi connectivity index (χ0n) is 12.8. The zero-order chi connectivity index (χ0) is 15.5. The van der Waals surface area contributed by atoms with Crippen LogP contribution in [0.3, 0.4) is 0 Å². The number of halogens is 1. The fourth-order valence-corrected chi connectivity index (χ4v) is 3.31. The molecule has 1 aliphatic rings. The lowest BCUT2D eigenvalue weighted by Gasteiger charge is -2.26. The van der Waals surface area contributed by atoms with E-state index in [9.17, 15) is 5.11 Å². The van der Waals surface area contributed by atoms with E-state index in [1.54, 1.807) is 0 Å². The fourth-order valence-electron chi connectivity index (χ4n) is 3.08. The van der Waals surface area contributed by atoms with Crippen LogP contribution in [0.25, 0.3) is 11.3 Å². The predicted octanol–water partition coefficient (Wildman–Crippen LogP) is 3.13. The summed E-state index contributed by atoms with van der Waals surface area (Å²) in [6.45, 7) is 0.773. The number of nitrogens with one attached hydrogen (secondary N) is 1. The number of rotatable bonds is 4. The first-order chi connectivity index (χ1) is 10.6. The Balaban J connectivity index is 1.73. The Morgan fingerprint density at radius 3 is 2.73 bits per heavy atom. The Hall–Kier alpha value is -1.36. The molecule has 22 heavy (non-hydrogen) atoms. The second kappa shape index (κ2) is 6.82. The van der Waals surface area contributed by atoms with Crippen molar-refractivity contribution in [2.45, 2.75) is 44.4 Å². The molecule has 1 heterocycles. The molecule has 2 N–H and O–H groups in total. The first kappa shape index (κ1) is 15.5. The molecule has 2 aromatic rings. The highest BCUT2D eigenvalue weighted by Gasteiger charge is 2.20. The van der Waals surface area contributed by atoms with Gasteiger partial charge >= 0.3 is 0 Å². The van der Waals surface area contributed by atoms with Crippen LogP contribution in [0.5, 0.6) is 0 Å². The van der Waals surface area contributed by atoms with Gasteiger partial charge in [0.15, 0.2) is 0 Å². The van der Waals surface area contributed by atoms with Crippen LogP contribution in [0, 0.1) is 0 Å². The number of nitrogens with zero attached hydrogens (tertiary/aromatic N) is 2. The molecular formula is C17H22ClN3O. The van der Waals surface area contributed by atoms with Crippen molar-refractivity contribution in [3.8, 4) is 11.3 Å². The molecule has 0 amide bonds. The van der Waals surface area contributed by atoms with Gasteiger partial charge in [0.25, 0.3) is 0 Å². The second-order valence-electron chi connectivity index (χ2n) is 6.04. The minimum absolute atomic E-state index is 0.116. The van der Waals surface area contributed by atoms with Gasteiger partial charge in [0.1, 0.15) is 0 Å². The third-order valence-corrected chi connectivity index (χ3v) is 4.64. The van der Waals surface area contributed by atoms with E-state index in [0.29, 0.717) is 6.04 Å². The Labute approximate surface area is 136 Å². The Morgan fingerprint density at radius 1 is 1.27 bits per heavy atom. The second-order valence-corrected chi connectivity index (χ2v) is 6.45. The van der Waals surface area contributed by atoms with Gasteiger partial charge in [0.2, 0.25) is 0 Å². The Morgan fingerprint density at radius 2 is 2.00 bits per heavy atom. The molecule has 0 atom stereocenters. The van der Waals surface area contributed by atoms with Crippen LogP contribution in [0.2, 0.25) is 5.02 Å². The van der Waals surface area contributed by atoms with Crippen LogP contribution >= 0.6 is 11.6 Å². The largest absolute Gasteiger partial charge is 0.393 e. The fraction of sp³-hybridized carbons (Fsp3) is 0.471. The Kier molecular flexibility index (Phi) is 4.81. The van der Waals surface area contributed by atoms with Crippen LogP contribution < -0.4 is 5.32 Å². The molecule has 0 saturated heterocycles. The molecule has 5 heteroatoms. The van der Waals surface area contributed by atoms with Crippen LogP contribution in [0.4, 0.5) is 0 Å². The average molecular weight is 320 g/mol. The molecule has 0 bridgehead atoms. The zero-order valence-corrected chi connectivity index (χ0v) is 13.6. The lowest BCUT2D eigenvalue weighted by Crippen LogP contribution is -2.34. The molecule has 1 saturated carbocycles. The van der Waals surface area contributed by atoms with Gasteiger partial charge in [-0.1, -0.05) is 29.8 Å². The molecule has 1 fully saturated rings. The number of aliphatic hydroxyl groups excluding tert-OH is 1. The first-order valence-electron chi connectivity index (χ1n) is 7.82. The van der Waals surface area contributed by atoms with Crippen LogP contribution in [0.1, 0.15) is 31.2 Å². The normalized spacial score (nSPS) is 22.0. The van der Waals surface area contributed by atoms with Crippen LogP contribution in [0.15, 0.2) is 30.5 Å². The molecule has 0 unspecified atom stereocenters. The number of hydrogen-bond donors (Lipinski definition) is 2. The summed E-state index contributed by atoms with van der Waals surface area (Å²) in [4.78, 5) is 0. The van der Waals surface area contributed by atoms with E-state index in [1.165, 1.54) is 0 Å². The highest BCUT2D eigenvalue weighted by Crippen LogP contribution is 2.29. The van der Waals surface area contributed by atoms with Crippen LogP contribution in [-0.4, -0.2) is 27.0 Å². The van der Waals surface area contributed by atoms with E-state index in [1.807, 2.05) is 42.2 Å². The highest BCUT2D eigenvalue weighted by molar-refractivity contribution is 6.33. The maximum Gasteiger partial charge on any atom is 0.0982 e. The van der Waals surface area contributed by atoms with Gasteiger partial charge in [-0.15, -0.1) is 0 Å². The molecule has 1 aromatic heterocycles. The lowest BCUT2D eigenvalue weighted by atomic mass is 9.93. The van der Waals surface area contributed by atoms with Crippen molar-refractivity contribution < 1.29 is 5.11 Å². The van der Waals surface area contributed by atoms with Gasteiger partial charge in [-0.25, -0.2) is 0 Å². The summed E-state index contributed by atoms with van der Waals surface area (Å²) < 4.78 is 1.83. The molecule has 4 nitrogen and oxygen atoms in total. The van der Waals surface area contributed by atoms with Crippen molar-refractivity contribution in [1.82, 2.24) is 15.1 Å². The summed E-state index contributed by atoms with van der Waals surface area (Å²) in [5.74, 6) is 0. The van der Waals surface area contributed by atoms with Gasteiger partial charge in [0, 0.05) is 37.0 Å². The highest BCUT2D eigenvalue weighted by atomic mass is 35.5. The van der Waals surface area contributed by atoms with E-state index in [4.69, 9.17) is 11.6 Å². The summed E-state index contributed by atoms with van der Waals surface area (Å²) in [6.07, 6.45) is 5.77. The summed E-state index contributed by atoms with van der Waals surface area (Å²) in [6, 6.07) is 8.29. The van der Waals surface area contributed by atoms with E-state index < -0.39 is 0 Å². The third kappa shape index (κ3) is 3.51. The maximum absolute atomic E-state index is 9.58. The Bertz CT molecular complexity index is 633. The summed E-state index contributed by atoms with van der Waals surface area (Å²) in [5.41, 5.74) is 3.07. The third-order valence-electron chi connectivity index (χ3n) is 4.31. The summed E-state index contributed by atoms with van der Waals surface area (Å²) in [5, 5.41) is 18.5. The number of benzene rings is 1. The maximum atomic E-state index is 9.58. The van der Waals surface area contributed by atoms with Gasteiger partial charge in [-0.05, 0) is 31.7 Å². The lowest BCUT2D eigenvalue weighted by molar-refractivity contribution is 0.116. The molecule has 1 aromatic carbocycles. The molecule has 3 rings (SSSR count). The number of aromatic nitrogens is 2. The van der Waals surface area contributed by atoms with Crippen molar-refractivity contribution >= 4 is 11.6 Å². The standard InChI is InChI=1S/C17H22ClN3O/c1-21-11-12(10-19-13-6-8-14(22)9-7-13)17(20-21)15-4-2-3-5-16(15)18/h2-5,11,13-14,19,22H,6-10H2,1H3.